The van der Waals surface area contributed by atoms with Gasteiger partial charge < -0.3 is 14.5 Å². The molecule has 136 valence electrons. The van der Waals surface area contributed by atoms with Gasteiger partial charge in [-0.2, -0.15) is 0 Å². The van der Waals surface area contributed by atoms with Crippen molar-refractivity contribution < 1.29 is 14.3 Å². The lowest BCUT2D eigenvalue weighted by Crippen LogP contribution is -2.38. The Morgan fingerprint density at radius 1 is 0.960 bits per heavy atom. The number of carbonyl (C=O) groups is 2. The summed E-state index contributed by atoms with van der Waals surface area (Å²) in [5.41, 5.74) is 1.19. The summed E-state index contributed by atoms with van der Waals surface area (Å²) in [4.78, 5) is 28.7. The summed E-state index contributed by atoms with van der Waals surface area (Å²) in [5, 5.41) is 0. The minimum absolute atomic E-state index is 0.0966. The average Bonchev–Trinajstić information content (AvgIpc) is 3.01. The number of carbonyl (C=O) groups excluding carboxylic acids is 2. The van der Waals surface area contributed by atoms with Crippen LogP contribution in [0.1, 0.15) is 37.7 Å². The van der Waals surface area contributed by atoms with E-state index in [0.717, 1.165) is 45.4 Å². The molecule has 2 aliphatic rings. The molecule has 0 bridgehead atoms. The molecule has 2 saturated heterocycles. The van der Waals surface area contributed by atoms with Crippen molar-refractivity contribution in [2.24, 2.45) is 0 Å². The Kier molecular flexibility index (Phi) is 6.45. The molecule has 2 fully saturated rings. The van der Waals surface area contributed by atoms with Crippen molar-refractivity contribution in [2.75, 3.05) is 32.8 Å². The van der Waals surface area contributed by atoms with E-state index in [9.17, 15) is 9.59 Å². The maximum atomic E-state index is 12.5. The van der Waals surface area contributed by atoms with Gasteiger partial charge in [-0.25, -0.2) is 0 Å². The third kappa shape index (κ3) is 5.30. The van der Waals surface area contributed by atoms with E-state index in [-0.39, 0.29) is 17.9 Å². The highest BCUT2D eigenvalue weighted by Gasteiger charge is 2.25. The van der Waals surface area contributed by atoms with Crippen LogP contribution in [0.15, 0.2) is 30.3 Å². The Morgan fingerprint density at radius 3 is 2.36 bits per heavy atom. The average molecular weight is 344 g/mol. The zero-order valence-corrected chi connectivity index (χ0v) is 14.9. The number of ether oxygens (including phenoxy) is 1. The van der Waals surface area contributed by atoms with Gasteiger partial charge in [0.25, 0.3) is 0 Å². The second-order valence-electron chi connectivity index (χ2n) is 6.94. The van der Waals surface area contributed by atoms with Gasteiger partial charge in [0.05, 0.1) is 12.5 Å². The lowest BCUT2D eigenvalue weighted by atomic mass is 10.1. The number of nitrogens with zero attached hydrogens (tertiary/aromatic N) is 2. The molecule has 0 aliphatic carbocycles. The van der Waals surface area contributed by atoms with Gasteiger partial charge in [0, 0.05) is 39.2 Å². The molecule has 2 aliphatic heterocycles. The molecule has 1 atom stereocenters. The molecule has 0 unspecified atom stereocenters. The number of aryl methyl sites for hydroxylation is 1. The highest BCUT2D eigenvalue weighted by atomic mass is 16.5. The van der Waals surface area contributed by atoms with Crippen molar-refractivity contribution in [3.8, 4) is 0 Å². The first-order chi connectivity index (χ1) is 12.2. The summed E-state index contributed by atoms with van der Waals surface area (Å²) in [6.07, 6.45) is 4.80. The predicted molar refractivity (Wildman–Crippen MR) is 96.1 cm³/mol. The zero-order chi connectivity index (χ0) is 17.5. The Morgan fingerprint density at radius 2 is 1.68 bits per heavy atom. The minimum Gasteiger partial charge on any atom is -0.378 e. The molecule has 1 aromatic carbocycles. The van der Waals surface area contributed by atoms with E-state index < -0.39 is 0 Å². The highest BCUT2D eigenvalue weighted by Crippen LogP contribution is 2.17. The summed E-state index contributed by atoms with van der Waals surface area (Å²) < 4.78 is 5.57. The van der Waals surface area contributed by atoms with Crippen LogP contribution in [0.2, 0.25) is 0 Å². The normalized spacial score (nSPS) is 21.2. The second kappa shape index (κ2) is 8.99. The minimum atomic E-state index is 0.0966. The molecule has 5 heteroatoms. The van der Waals surface area contributed by atoms with E-state index >= 15 is 0 Å². The number of benzene rings is 1. The highest BCUT2D eigenvalue weighted by molar-refractivity contribution is 5.78. The van der Waals surface area contributed by atoms with Gasteiger partial charge in [-0.3, -0.25) is 9.59 Å². The third-order valence-electron chi connectivity index (χ3n) is 5.10. The van der Waals surface area contributed by atoms with Crippen LogP contribution >= 0.6 is 0 Å². The van der Waals surface area contributed by atoms with E-state index in [0.29, 0.717) is 25.9 Å². The van der Waals surface area contributed by atoms with Crippen molar-refractivity contribution in [3.63, 3.8) is 0 Å². The molecule has 0 spiro atoms. The predicted octanol–water partition coefficient (Wildman–Crippen LogP) is 2.25. The number of hydrogen-bond acceptors (Lipinski definition) is 3. The Bertz CT molecular complexity index is 570. The summed E-state index contributed by atoms with van der Waals surface area (Å²) in [5.74, 6) is 0.364. The van der Waals surface area contributed by atoms with E-state index in [2.05, 4.69) is 12.1 Å². The first kappa shape index (κ1) is 17.9. The zero-order valence-electron chi connectivity index (χ0n) is 14.9. The number of hydrogen-bond donors (Lipinski definition) is 0. The summed E-state index contributed by atoms with van der Waals surface area (Å²) in [7, 11) is 0. The third-order valence-corrected chi connectivity index (χ3v) is 5.10. The van der Waals surface area contributed by atoms with Crippen molar-refractivity contribution in [3.05, 3.63) is 35.9 Å². The first-order valence-corrected chi connectivity index (χ1v) is 9.43. The molecule has 0 aromatic heterocycles. The Hall–Kier alpha value is -1.88. The van der Waals surface area contributed by atoms with Crippen LogP contribution in [-0.2, 0) is 20.7 Å². The van der Waals surface area contributed by atoms with E-state index in [4.69, 9.17) is 4.74 Å². The smallest absolute Gasteiger partial charge is 0.225 e. The molecule has 2 amide bonds. The molecular weight excluding hydrogens is 316 g/mol. The molecule has 1 aromatic rings. The standard InChI is InChI=1S/C20H28N2O3/c23-19(10-9-17-6-2-1-3-7-17)21-11-5-12-22(14-13-21)20(24)16-18-8-4-15-25-18/h1-3,6-7,18H,4-5,8-16H2/t18-/m0/s1. The summed E-state index contributed by atoms with van der Waals surface area (Å²) in [6, 6.07) is 10.1. The SMILES string of the molecule is O=C(CCc1ccccc1)N1CCCN(C(=O)C[C@@H]2CCCO2)CC1. The van der Waals surface area contributed by atoms with E-state index in [1.165, 1.54) is 5.56 Å². The van der Waals surface area contributed by atoms with Gasteiger partial charge in [0.2, 0.25) is 11.8 Å². The lowest BCUT2D eigenvalue weighted by molar-refractivity contribution is -0.135. The van der Waals surface area contributed by atoms with Crippen LogP contribution in [0.3, 0.4) is 0 Å². The summed E-state index contributed by atoms with van der Waals surface area (Å²) in [6.45, 7) is 3.56. The molecule has 5 nitrogen and oxygen atoms in total. The topological polar surface area (TPSA) is 49.9 Å². The fourth-order valence-corrected chi connectivity index (χ4v) is 3.60. The Balaban J connectivity index is 1.44. The van der Waals surface area contributed by atoms with Crippen molar-refractivity contribution >= 4 is 11.8 Å². The molecule has 0 radical (unpaired) electrons. The molecule has 3 rings (SSSR count). The van der Waals surface area contributed by atoms with Gasteiger partial charge in [0.1, 0.15) is 0 Å². The van der Waals surface area contributed by atoms with Crippen molar-refractivity contribution in [2.45, 2.75) is 44.6 Å². The monoisotopic (exact) mass is 344 g/mol. The quantitative estimate of drug-likeness (QED) is 0.823. The van der Waals surface area contributed by atoms with Crippen molar-refractivity contribution in [1.29, 1.82) is 0 Å². The van der Waals surface area contributed by atoms with Crippen LogP contribution < -0.4 is 0 Å². The molecule has 2 heterocycles. The fourth-order valence-electron chi connectivity index (χ4n) is 3.60. The number of amides is 2. The van der Waals surface area contributed by atoms with Gasteiger partial charge >= 0.3 is 0 Å². The fraction of sp³-hybridized carbons (Fsp3) is 0.600. The largest absolute Gasteiger partial charge is 0.378 e. The van der Waals surface area contributed by atoms with Gasteiger partial charge in [-0.1, -0.05) is 30.3 Å². The van der Waals surface area contributed by atoms with Gasteiger partial charge in [-0.15, -0.1) is 0 Å². The molecular formula is C20H28N2O3. The lowest BCUT2D eigenvalue weighted by Gasteiger charge is -2.23. The summed E-state index contributed by atoms with van der Waals surface area (Å²) >= 11 is 0. The van der Waals surface area contributed by atoms with E-state index in [1.54, 1.807) is 0 Å². The van der Waals surface area contributed by atoms with Crippen LogP contribution in [0, 0.1) is 0 Å². The van der Waals surface area contributed by atoms with Crippen molar-refractivity contribution in [1.82, 2.24) is 9.80 Å². The molecule has 25 heavy (non-hydrogen) atoms. The molecule has 0 N–H and O–H groups in total. The molecule has 0 saturated carbocycles. The van der Waals surface area contributed by atoms with Gasteiger partial charge in [0.15, 0.2) is 0 Å². The van der Waals surface area contributed by atoms with Gasteiger partial charge in [-0.05, 0) is 31.2 Å². The van der Waals surface area contributed by atoms with Crippen LogP contribution in [0.5, 0.6) is 0 Å². The van der Waals surface area contributed by atoms with Crippen LogP contribution in [0.4, 0.5) is 0 Å². The number of rotatable bonds is 5. The van der Waals surface area contributed by atoms with Crippen LogP contribution in [-0.4, -0.2) is 60.5 Å². The maximum Gasteiger partial charge on any atom is 0.225 e. The second-order valence-corrected chi connectivity index (χ2v) is 6.94. The van der Waals surface area contributed by atoms with E-state index in [1.807, 2.05) is 28.0 Å². The van der Waals surface area contributed by atoms with Crippen LogP contribution in [0.25, 0.3) is 0 Å². The Labute approximate surface area is 149 Å². The maximum absolute atomic E-state index is 12.5. The first-order valence-electron chi connectivity index (χ1n) is 9.43.